The number of amides is 1. The zero-order valence-corrected chi connectivity index (χ0v) is 26.7. The standard InChI is InChI=1S/C32H55NO6S/c1-7-8-9-10-11-12-13-14-15-16-17-21-24-28(40(36,37)26-22-19-18-20-23-26)29(34)27-25-38-32(5,6)33(27)30(35)39-31(2,3)4/h18-20,22-23,27-29,34H,7-17,21,24-25H2,1-6H3/t27-,28?,29?/m0/s1. The number of carbonyl (C=O) groups is 1. The highest BCUT2D eigenvalue weighted by molar-refractivity contribution is 7.92. The van der Waals surface area contributed by atoms with Crippen LogP contribution in [-0.2, 0) is 19.3 Å². The number of hydrogen-bond acceptors (Lipinski definition) is 6. The summed E-state index contributed by atoms with van der Waals surface area (Å²) in [6.07, 6.45) is 12.5. The van der Waals surface area contributed by atoms with E-state index in [4.69, 9.17) is 9.47 Å². The maximum Gasteiger partial charge on any atom is 0.412 e. The Morgan fingerprint density at radius 3 is 1.98 bits per heavy atom. The molecular weight excluding hydrogens is 526 g/mol. The normalized spacial score (nSPS) is 19.0. The van der Waals surface area contributed by atoms with Crippen LogP contribution in [0.1, 0.15) is 125 Å². The van der Waals surface area contributed by atoms with Gasteiger partial charge in [-0.1, -0.05) is 102 Å². The van der Waals surface area contributed by atoms with Crippen LogP contribution in [0.15, 0.2) is 35.2 Å². The van der Waals surface area contributed by atoms with Crippen LogP contribution in [0.2, 0.25) is 0 Å². The second-order valence-electron chi connectivity index (χ2n) is 12.7. The number of ether oxygens (including phenoxy) is 2. The van der Waals surface area contributed by atoms with Crippen molar-refractivity contribution in [1.82, 2.24) is 4.90 Å². The predicted octanol–water partition coefficient (Wildman–Crippen LogP) is 7.65. The summed E-state index contributed by atoms with van der Waals surface area (Å²) in [7, 11) is -3.86. The monoisotopic (exact) mass is 581 g/mol. The summed E-state index contributed by atoms with van der Waals surface area (Å²) in [4.78, 5) is 14.7. The van der Waals surface area contributed by atoms with Crippen LogP contribution in [0, 0.1) is 0 Å². The fourth-order valence-electron chi connectivity index (χ4n) is 5.48. The number of unbranched alkanes of at least 4 members (excludes halogenated alkanes) is 11. The van der Waals surface area contributed by atoms with Gasteiger partial charge >= 0.3 is 6.09 Å². The Balaban J connectivity index is 2.05. The number of aliphatic hydroxyl groups is 1. The van der Waals surface area contributed by atoms with Crippen LogP contribution in [-0.4, -0.2) is 59.8 Å². The molecule has 2 rings (SSSR count). The Morgan fingerprint density at radius 2 is 1.48 bits per heavy atom. The molecule has 1 aromatic rings. The first-order valence-corrected chi connectivity index (χ1v) is 17.0. The molecule has 3 atom stereocenters. The summed E-state index contributed by atoms with van der Waals surface area (Å²) in [6.45, 7) is 11.1. The number of aliphatic hydroxyl groups excluding tert-OH is 1. The van der Waals surface area contributed by atoms with E-state index in [0.717, 1.165) is 19.3 Å². The summed E-state index contributed by atoms with van der Waals surface area (Å²) in [6, 6.07) is 7.44. The zero-order valence-electron chi connectivity index (χ0n) is 25.9. The maximum atomic E-state index is 13.8. The van der Waals surface area contributed by atoms with Crippen LogP contribution in [0.3, 0.4) is 0 Å². The Labute approximate surface area is 243 Å². The minimum absolute atomic E-state index is 0.0344. The fourth-order valence-corrected chi connectivity index (χ4v) is 7.39. The lowest BCUT2D eigenvalue weighted by Crippen LogP contribution is -2.56. The van der Waals surface area contributed by atoms with Crippen molar-refractivity contribution in [3.05, 3.63) is 30.3 Å². The summed E-state index contributed by atoms with van der Waals surface area (Å²) < 4.78 is 39.1. The van der Waals surface area contributed by atoms with Crippen LogP contribution in [0.4, 0.5) is 4.79 Å². The number of hydrogen-bond donors (Lipinski definition) is 1. The second-order valence-corrected chi connectivity index (χ2v) is 14.9. The molecule has 1 aromatic carbocycles. The molecule has 1 fully saturated rings. The summed E-state index contributed by atoms with van der Waals surface area (Å²) in [5.74, 6) is 0. The van der Waals surface area contributed by atoms with E-state index < -0.39 is 44.7 Å². The molecule has 1 saturated heterocycles. The molecule has 40 heavy (non-hydrogen) atoms. The van der Waals surface area contributed by atoms with Crippen molar-refractivity contribution >= 4 is 15.9 Å². The van der Waals surface area contributed by atoms with Gasteiger partial charge in [-0.05, 0) is 53.2 Å². The quantitative estimate of drug-likeness (QED) is 0.190. The van der Waals surface area contributed by atoms with Gasteiger partial charge in [-0.3, -0.25) is 4.90 Å². The van der Waals surface area contributed by atoms with Gasteiger partial charge in [-0.25, -0.2) is 13.2 Å². The highest BCUT2D eigenvalue weighted by atomic mass is 32.2. The van der Waals surface area contributed by atoms with Crippen molar-refractivity contribution in [2.24, 2.45) is 0 Å². The van der Waals surface area contributed by atoms with E-state index in [2.05, 4.69) is 6.92 Å². The van der Waals surface area contributed by atoms with Gasteiger partial charge < -0.3 is 14.6 Å². The van der Waals surface area contributed by atoms with Crippen molar-refractivity contribution in [3.8, 4) is 0 Å². The number of benzene rings is 1. The average Bonchev–Trinajstić information content (AvgIpc) is 3.21. The van der Waals surface area contributed by atoms with Gasteiger partial charge in [0, 0.05) is 0 Å². The molecule has 0 aromatic heterocycles. The Kier molecular flexibility index (Phi) is 13.9. The van der Waals surface area contributed by atoms with Crippen LogP contribution in [0.5, 0.6) is 0 Å². The molecule has 0 saturated carbocycles. The van der Waals surface area contributed by atoms with E-state index >= 15 is 0 Å². The lowest BCUT2D eigenvalue weighted by atomic mass is 10.0. The molecular formula is C32H55NO6S. The van der Waals surface area contributed by atoms with Crippen molar-refractivity contribution in [2.75, 3.05) is 6.61 Å². The van der Waals surface area contributed by atoms with Crippen molar-refractivity contribution in [3.63, 3.8) is 0 Å². The van der Waals surface area contributed by atoms with Gasteiger partial charge in [0.15, 0.2) is 9.84 Å². The van der Waals surface area contributed by atoms with Gasteiger partial charge in [-0.15, -0.1) is 0 Å². The number of nitrogens with zero attached hydrogens (tertiary/aromatic N) is 1. The number of rotatable bonds is 17. The highest BCUT2D eigenvalue weighted by Gasteiger charge is 2.51. The van der Waals surface area contributed by atoms with E-state index in [9.17, 15) is 18.3 Å². The molecule has 2 unspecified atom stereocenters. The first-order chi connectivity index (χ1) is 18.8. The third-order valence-electron chi connectivity index (χ3n) is 7.70. The SMILES string of the molecule is CCCCCCCCCCCCCCC(C(O)[C@@H]1COC(C)(C)N1C(=O)OC(C)(C)C)S(=O)(=O)c1ccccc1. The summed E-state index contributed by atoms with van der Waals surface area (Å²) in [5, 5.41) is 10.6. The molecule has 0 bridgehead atoms. The Morgan fingerprint density at radius 1 is 0.975 bits per heavy atom. The van der Waals surface area contributed by atoms with E-state index in [1.807, 2.05) is 0 Å². The molecule has 0 spiro atoms. The molecule has 1 heterocycles. The summed E-state index contributed by atoms with van der Waals surface area (Å²) in [5.41, 5.74) is -1.78. The van der Waals surface area contributed by atoms with E-state index in [1.54, 1.807) is 65.0 Å². The average molecular weight is 582 g/mol. The molecule has 8 heteroatoms. The second kappa shape index (κ2) is 16.1. The Bertz CT molecular complexity index is 973. The van der Waals surface area contributed by atoms with Crippen LogP contribution >= 0.6 is 0 Å². The maximum absolute atomic E-state index is 13.8. The third-order valence-corrected chi connectivity index (χ3v) is 9.94. The van der Waals surface area contributed by atoms with Crippen molar-refractivity contribution in [2.45, 2.75) is 159 Å². The molecule has 7 nitrogen and oxygen atoms in total. The molecule has 230 valence electrons. The van der Waals surface area contributed by atoms with Gasteiger partial charge in [0.05, 0.1) is 28.9 Å². The molecule has 1 amide bonds. The third kappa shape index (κ3) is 10.6. The smallest absolute Gasteiger partial charge is 0.412 e. The fraction of sp³-hybridized carbons (Fsp3) is 0.781. The number of sulfone groups is 1. The molecule has 1 aliphatic rings. The minimum Gasteiger partial charge on any atom is -0.444 e. The molecule has 0 radical (unpaired) electrons. The molecule has 0 aliphatic carbocycles. The predicted molar refractivity (Wildman–Crippen MR) is 161 cm³/mol. The van der Waals surface area contributed by atoms with Gasteiger partial charge in [0.2, 0.25) is 0 Å². The van der Waals surface area contributed by atoms with Gasteiger partial charge in [-0.2, -0.15) is 0 Å². The van der Waals surface area contributed by atoms with Gasteiger partial charge in [0.1, 0.15) is 11.3 Å². The number of carbonyl (C=O) groups excluding carboxylic acids is 1. The molecule has 1 N–H and O–H groups in total. The minimum atomic E-state index is -3.86. The van der Waals surface area contributed by atoms with Crippen molar-refractivity contribution < 1.29 is 27.8 Å². The Hall–Kier alpha value is -1.64. The lowest BCUT2D eigenvalue weighted by Gasteiger charge is -2.38. The summed E-state index contributed by atoms with van der Waals surface area (Å²) >= 11 is 0. The molecule has 1 aliphatic heterocycles. The van der Waals surface area contributed by atoms with E-state index in [0.29, 0.717) is 12.8 Å². The van der Waals surface area contributed by atoms with E-state index in [-0.39, 0.29) is 11.5 Å². The van der Waals surface area contributed by atoms with Crippen molar-refractivity contribution in [1.29, 1.82) is 0 Å². The van der Waals surface area contributed by atoms with Crippen LogP contribution in [0.25, 0.3) is 0 Å². The van der Waals surface area contributed by atoms with E-state index in [1.165, 1.54) is 56.3 Å². The van der Waals surface area contributed by atoms with Gasteiger partial charge in [0.25, 0.3) is 0 Å². The lowest BCUT2D eigenvalue weighted by molar-refractivity contribution is -0.0679. The first-order valence-electron chi connectivity index (χ1n) is 15.4. The highest BCUT2D eigenvalue weighted by Crippen LogP contribution is 2.35. The van der Waals surface area contributed by atoms with Crippen LogP contribution < -0.4 is 0 Å². The first kappa shape index (κ1) is 34.6. The zero-order chi connectivity index (χ0) is 29.8. The topological polar surface area (TPSA) is 93.1 Å². The largest absolute Gasteiger partial charge is 0.444 e.